The van der Waals surface area contributed by atoms with Gasteiger partial charge in [-0.05, 0) is 26.7 Å². The molecule has 0 aliphatic rings. The van der Waals surface area contributed by atoms with Crippen LogP contribution in [0.25, 0.3) is 0 Å². The summed E-state index contributed by atoms with van der Waals surface area (Å²) in [5.74, 6) is -0.828. The van der Waals surface area contributed by atoms with E-state index in [0.717, 1.165) is 12.8 Å². The molecule has 0 spiro atoms. The first kappa shape index (κ1) is 9.95. The van der Waals surface area contributed by atoms with Crippen molar-refractivity contribution in [2.45, 2.75) is 26.7 Å². The number of allylic oxidation sites excluding steroid dienone is 3. The molecule has 0 atom stereocenters. The Balaban J connectivity index is 3.65. The molecule has 0 aliphatic carbocycles. The third-order valence-electron chi connectivity index (χ3n) is 1.36. The second-order valence-corrected chi connectivity index (χ2v) is 2.34. The molecule has 62 valence electrons. The van der Waals surface area contributed by atoms with Gasteiger partial charge in [0.15, 0.2) is 0 Å². The number of carboxylic acids is 1. The van der Waals surface area contributed by atoms with Gasteiger partial charge < -0.3 is 5.11 Å². The van der Waals surface area contributed by atoms with E-state index in [2.05, 4.69) is 0 Å². The van der Waals surface area contributed by atoms with Gasteiger partial charge in [0.1, 0.15) is 0 Å². The van der Waals surface area contributed by atoms with Gasteiger partial charge in [0.25, 0.3) is 0 Å². The van der Waals surface area contributed by atoms with Gasteiger partial charge >= 0.3 is 5.97 Å². The summed E-state index contributed by atoms with van der Waals surface area (Å²) in [5.41, 5.74) is 0.425. The van der Waals surface area contributed by atoms with Crippen LogP contribution in [0.3, 0.4) is 0 Å². The second-order valence-electron chi connectivity index (χ2n) is 2.34. The monoisotopic (exact) mass is 154 g/mol. The van der Waals surface area contributed by atoms with E-state index in [9.17, 15) is 4.79 Å². The molecular formula is C9H14O2. The zero-order valence-corrected chi connectivity index (χ0v) is 7.00. The van der Waals surface area contributed by atoms with Crippen molar-refractivity contribution in [1.29, 1.82) is 0 Å². The summed E-state index contributed by atoms with van der Waals surface area (Å²) >= 11 is 0. The van der Waals surface area contributed by atoms with Crippen LogP contribution in [0.1, 0.15) is 26.7 Å². The maximum Gasteiger partial charge on any atom is 0.330 e. The van der Waals surface area contributed by atoms with Crippen molar-refractivity contribution in [2.24, 2.45) is 0 Å². The average Bonchev–Trinajstić information content (AvgIpc) is 1.97. The van der Waals surface area contributed by atoms with Gasteiger partial charge in [-0.3, -0.25) is 0 Å². The van der Waals surface area contributed by atoms with Crippen molar-refractivity contribution in [3.8, 4) is 0 Å². The molecule has 0 aromatic rings. The Morgan fingerprint density at radius 1 is 1.45 bits per heavy atom. The Morgan fingerprint density at radius 3 is 2.55 bits per heavy atom. The molecule has 1 N–H and O–H groups in total. The van der Waals surface area contributed by atoms with E-state index in [0.29, 0.717) is 5.57 Å². The van der Waals surface area contributed by atoms with Gasteiger partial charge in [-0.1, -0.05) is 18.2 Å². The fraction of sp³-hybridized carbons (Fsp3) is 0.444. The van der Waals surface area contributed by atoms with Gasteiger partial charge in [-0.25, -0.2) is 4.79 Å². The molecule has 2 nitrogen and oxygen atoms in total. The lowest BCUT2D eigenvalue weighted by Crippen LogP contribution is -1.95. The van der Waals surface area contributed by atoms with Crippen molar-refractivity contribution in [2.75, 3.05) is 0 Å². The van der Waals surface area contributed by atoms with E-state index < -0.39 is 5.97 Å². The van der Waals surface area contributed by atoms with Crippen LogP contribution in [0.5, 0.6) is 0 Å². The molecule has 11 heavy (non-hydrogen) atoms. The van der Waals surface area contributed by atoms with Crippen LogP contribution in [0.4, 0.5) is 0 Å². The minimum absolute atomic E-state index is 0.425. The van der Waals surface area contributed by atoms with Gasteiger partial charge in [0.2, 0.25) is 0 Å². The van der Waals surface area contributed by atoms with Crippen molar-refractivity contribution >= 4 is 5.97 Å². The number of rotatable bonds is 4. The van der Waals surface area contributed by atoms with E-state index in [1.165, 1.54) is 0 Å². The lowest BCUT2D eigenvalue weighted by atomic mass is 10.2. The average molecular weight is 154 g/mol. The van der Waals surface area contributed by atoms with E-state index in [1.807, 2.05) is 19.1 Å². The van der Waals surface area contributed by atoms with Gasteiger partial charge in [0, 0.05) is 5.57 Å². The molecule has 0 unspecified atom stereocenters. The molecule has 0 amide bonds. The Bertz CT molecular complexity index is 178. The Morgan fingerprint density at radius 2 is 2.09 bits per heavy atom. The lowest BCUT2D eigenvalue weighted by Gasteiger charge is -1.90. The molecule has 0 aromatic carbocycles. The summed E-state index contributed by atoms with van der Waals surface area (Å²) in [6.45, 7) is 3.56. The van der Waals surface area contributed by atoms with Crippen molar-refractivity contribution in [1.82, 2.24) is 0 Å². The first-order valence-electron chi connectivity index (χ1n) is 3.69. The molecule has 0 heterocycles. The summed E-state index contributed by atoms with van der Waals surface area (Å²) in [5, 5.41) is 8.45. The molecular weight excluding hydrogens is 140 g/mol. The van der Waals surface area contributed by atoms with Crippen LogP contribution in [0, 0.1) is 0 Å². The predicted molar refractivity (Wildman–Crippen MR) is 45.4 cm³/mol. The van der Waals surface area contributed by atoms with E-state index in [4.69, 9.17) is 5.11 Å². The van der Waals surface area contributed by atoms with Gasteiger partial charge in [0.05, 0.1) is 0 Å². The number of aliphatic carboxylic acids is 1. The number of carbonyl (C=O) groups is 1. The lowest BCUT2D eigenvalue weighted by molar-refractivity contribution is -0.132. The standard InChI is InChI=1S/C9H14O2/c1-3-4-5-6-7-8(2)9(10)11/h3-4,7H,5-6H2,1-2H3,(H,10,11)/b4-3+,8-7-. The number of unbranched alkanes of at least 4 members (excludes halogenated alkanes) is 1. The Hall–Kier alpha value is -1.05. The van der Waals surface area contributed by atoms with Gasteiger partial charge in [-0.2, -0.15) is 0 Å². The number of carboxylic acid groups (broad SMARTS) is 1. The second kappa shape index (κ2) is 5.71. The fourth-order valence-electron chi connectivity index (χ4n) is 0.650. The quantitative estimate of drug-likeness (QED) is 0.383. The summed E-state index contributed by atoms with van der Waals surface area (Å²) in [7, 11) is 0. The van der Waals surface area contributed by atoms with Crippen LogP contribution >= 0.6 is 0 Å². The molecule has 0 saturated heterocycles. The summed E-state index contributed by atoms with van der Waals surface area (Å²) in [6.07, 6.45) is 7.45. The van der Waals surface area contributed by atoms with Crippen LogP contribution in [-0.2, 0) is 4.79 Å². The highest BCUT2D eigenvalue weighted by Crippen LogP contribution is 1.98. The van der Waals surface area contributed by atoms with E-state index in [-0.39, 0.29) is 0 Å². The molecule has 2 heteroatoms. The zero-order valence-electron chi connectivity index (χ0n) is 7.00. The molecule has 0 fully saturated rings. The largest absolute Gasteiger partial charge is 0.478 e. The summed E-state index contributed by atoms with van der Waals surface area (Å²) in [6, 6.07) is 0. The SMILES string of the molecule is C/C=C/CC/C=C(/C)C(=O)O. The Labute approximate surface area is 67.2 Å². The van der Waals surface area contributed by atoms with Crippen LogP contribution in [-0.4, -0.2) is 11.1 Å². The third-order valence-corrected chi connectivity index (χ3v) is 1.36. The minimum Gasteiger partial charge on any atom is -0.478 e. The third kappa shape index (κ3) is 5.40. The van der Waals surface area contributed by atoms with E-state index in [1.54, 1.807) is 13.0 Å². The first-order valence-corrected chi connectivity index (χ1v) is 3.69. The molecule has 0 aromatic heterocycles. The van der Waals surface area contributed by atoms with Crippen LogP contribution in [0.2, 0.25) is 0 Å². The van der Waals surface area contributed by atoms with Crippen molar-refractivity contribution in [3.05, 3.63) is 23.8 Å². The highest BCUT2D eigenvalue weighted by atomic mass is 16.4. The Kier molecular flexibility index (Phi) is 5.17. The first-order chi connectivity index (χ1) is 5.18. The molecule has 0 radical (unpaired) electrons. The molecule has 0 aliphatic heterocycles. The summed E-state index contributed by atoms with van der Waals surface area (Å²) < 4.78 is 0. The predicted octanol–water partition coefficient (Wildman–Crippen LogP) is 2.37. The number of hydrogen-bond acceptors (Lipinski definition) is 1. The topological polar surface area (TPSA) is 37.3 Å². The smallest absolute Gasteiger partial charge is 0.330 e. The molecule has 0 saturated carbocycles. The molecule has 0 bridgehead atoms. The fourth-order valence-corrected chi connectivity index (χ4v) is 0.650. The highest BCUT2D eigenvalue weighted by molar-refractivity contribution is 5.85. The van der Waals surface area contributed by atoms with Crippen LogP contribution in [0.15, 0.2) is 23.8 Å². The summed E-state index contributed by atoms with van der Waals surface area (Å²) in [4.78, 5) is 10.3. The normalized spacial score (nSPS) is 12.4. The van der Waals surface area contributed by atoms with Crippen molar-refractivity contribution < 1.29 is 9.90 Å². The van der Waals surface area contributed by atoms with Gasteiger partial charge in [-0.15, -0.1) is 0 Å². The minimum atomic E-state index is -0.828. The maximum absolute atomic E-state index is 10.3. The zero-order chi connectivity index (χ0) is 8.69. The van der Waals surface area contributed by atoms with Crippen molar-refractivity contribution in [3.63, 3.8) is 0 Å². The van der Waals surface area contributed by atoms with E-state index >= 15 is 0 Å². The van der Waals surface area contributed by atoms with Crippen LogP contribution < -0.4 is 0 Å². The number of hydrogen-bond donors (Lipinski definition) is 1. The maximum atomic E-state index is 10.3. The molecule has 0 rings (SSSR count). The highest BCUT2D eigenvalue weighted by Gasteiger charge is 1.96.